The Morgan fingerprint density at radius 2 is 1.77 bits per heavy atom. The van der Waals surface area contributed by atoms with Gasteiger partial charge < -0.3 is 13.8 Å². The maximum Gasteiger partial charge on any atom is 0.421 e. The lowest BCUT2D eigenvalue weighted by Crippen LogP contribution is -2.32. The van der Waals surface area contributed by atoms with E-state index in [0.29, 0.717) is 11.7 Å². The van der Waals surface area contributed by atoms with Crippen LogP contribution in [-0.2, 0) is 10.3 Å². The molecule has 1 saturated carbocycles. The van der Waals surface area contributed by atoms with Gasteiger partial charge >= 0.3 is 16.4 Å². The second-order valence-corrected chi connectivity index (χ2v) is 8.89. The first-order chi connectivity index (χ1) is 14.2. The minimum atomic E-state index is -4.43. The highest BCUT2D eigenvalue weighted by molar-refractivity contribution is 7.85. The van der Waals surface area contributed by atoms with Gasteiger partial charge in [-0.1, -0.05) is 61.5 Å². The topological polar surface area (TPSA) is 132 Å². The van der Waals surface area contributed by atoms with Gasteiger partial charge in [0.2, 0.25) is 11.7 Å². The fourth-order valence-corrected chi connectivity index (χ4v) is 4.39. The molecule has 30 heavy (non-hydrogen) atoms. The molecule has 1 aromatic heterocycles. The maximum atomic E-state index is 11.6. The first-order valence-corrected chi connectivity index (χ1v) is 10.5. The van der Waals surface area contributed by atoms with E-state index >= 15 is 0 Å². The summed E-state index contributed by atoms with van der Waals surface area (Å²) in [5.74, 6) is 1.21. The Balaban J connectivity index is 1.51. The summed E-state index contributed by atoms with van der Waals surface area (Å²) in [4.78, 5) is 15.1. The molecule has 0 aliphatic heterocycles. The van der Waals surface area contributed by atoms with Crippen molar-refractivity contribution in [1.29, 1.82) is 0 Å². The highest BCUT2D eigenvalue weighted by atomic mass is 32.2. The second kappa shape index (κ2) is 7.13. The number of amides is 1. The van der Waals surface area contributed by atoms with Gasteiger partial charge in [0.15, 0.2) is 0 Å². The van der Waals surface area contributed by atoms with Gasteiger partial charge in [0.1, 0.15) is 5.75 Å². The van der Waals surface area contributed by atoms with E-state index in [1.807, 2.05) is 30.3 Å². The summed E-state index contributed by atoms with van der Waals surface area (Å²) >= 11 is 0. The molecule has 1 amide bonds. The summed E-state index contributed by atoms with van der Waals surface area (Å²) in [6.07, 6.45) is -1.72. The van der Waals surface area contributed by atoms with Crippen molar-refractivity contribution in [2.45, 2.75) is 25.7 Å². The third-order valence-electron chi connectivity index (χ3n) is 5.22. The van der Waals surface area contributed by atoms with Crippen molar-refractivity contribution in [3.8, 4) is 17.1 Å². The Morgan fingerprint density at radius 3 is 2.40 bits per heavy atom. The fourth-order valence-electron chi connectivity index (χ4n) is 3.77. The van der Waals surface area contributed by atoms with Gasteiger partial charge in [-0.15, -0.1) is 0 Å². The number of hydrogen-bond donors (Lipinski definition) is 2. The largest absolute Gasteiger partial charge is 0.464 e. The van der Waals surface area contributed by atoms with E-state index in [-0.39, 0.29) is 23.0 Å². The Morgan fingerprint density at radius 1 is 1.10 bits per heavy atom. The molecule has 10 heteroatoms. The Hall–Kier alpha value is -3.40. The van der Waals surface area contributed by atoms with E-state index in [1.54, 1.807) is 12.1 Å². The predicted molar refractivity (Wildman–Crippen MR) is 106 cm³/mol. The summed E-state index contributed by atoms with van der Waals surface area (Å²) in [6, 6.07) is 16.0. The summed E-state index contributed by atoms with van der Waals surface area (Å²) in [6.45, 7) is 4.20. The fraction of sp³-hybridized carbons (Fsp3) is 0.250. The number of carbonyl (C=O) groups is 1. The molecule has 2 aromatic carbocycles. The first kappa shape index (κ1) is 19.9. The van der Waals surface area contributed by atoms with Gasteiger partial charge in [-0.3, -0.25) is 0 Å². The quantitative estimate of drug-likeness (QED) is 0.608. The van der Waals surface area contributed by atoms with Gasteiger partial charge in [-0.25, -0.2) is 4.79 Å². The lowest BCUT2D eigenvalue weighted by atomic mass is 10.0. The van der Waals surface area contributed by atoms with Crippen LogP contribution < -0.4 is 8.91 Å². The van der Waals surface area contributed by atoms with Crippen LogP contribution >= 0.6 is 0 Å². The maximum absolute atomic E-state index is 11.6. The molecule has 1 heterocycles. The molecule has 0 unspecified atom stereocenters. The molecule has 156 valence electrons. The van der Waals surface area contributed by atoms with Gasteiger partial charge in [0.05, 0.1) is 5.92 Å². The zero-order valence-electron chi connectivity index (χ0n) is 16.1. The average Bonchev–Trinajstić information content (AvgIpc) is 3.01. The SMILES string of the molecule is CC1(C)[C@H](c2ccc(OS(=O)(=O)NC(=O)O)cc2)[C@H]1c1nc(-c2ccccc2)no1. The van der Waals surface area contributed by atoms with Crippen LogP contribution in [-0.4, -0.2) is 29.8 Å². The van der Waals surface area contributed by atoms with E-state index in [1.165, 1.54) is 16.9 Å². The first-order valence-electron chi connectivity index (χ1n) is 9.11. The molecular weight excluding hydrogens is 410 g/mol. The predicted octanol–water partition coefficient (Wildman–Crippen LogP) is 3.54. The molecule has 2 N–H and O–H groups in total. The molecular formula is C20H19N3O6S. The number of aromatic nitrogens is 2. The number of nitrogens with zero attached hydrogens (tertiary/aromatic N) is 2. The summed E-state index contributed by atoms with van der Waals surface area (Å²) < 4.78 is 34.7. The third kappa shape index (κ3) is 3.86. The van der Waals surface area contributed by atoms with Crippen molar-refractivity contribution in [1.82, 2.24) is 14.9 Å². The molecule has 4 rings (SSSR count). The molecule has 0 radical (unpaired) electrons. The Labute approximate surface area is 173 Å². The van der Waals surface area contributed by atoms with Gasteiger partial charge in [0.25, 0.3) is 0 Å². The summed E-state index contributed by atoms with van der Waals surface area (Å²) in [5.41, 5.74) is 1.71. The highest BCUT2D eigenvalue weighted by Gasteiger charge is 2.62. The molecule has 1 aliphatic rings. The van der Waals surface area contributed by atoms with Crippen molar-refractivity contribution in [3.05, 3.63) is 66.1 Å². The number of hydrogen-bond acceptors (Lipinski definition) is 7. The van der Waals surface area contributed by atoms with Crippen LogP contribution in [0.15, 0.2) is 59.1 Å². The van der Waals surface area contributed by atoms with Crippen molar-refractivity contribution >= 4 is 16.4 Å². The van der Waals surface area contributed by atoms with E-state index < -0.39 is 16.4 Å². The Kier molecular flexibility index (Phi) is 4.73. The van der Waals surface area contributed by atoms with Gasteiger partial charge in [0, 0.05) is 11.5 Å². The normalized spacial score (nSPS) is 19.8. The van der Waals surface area contributed by atoms with Crippen LogP contribution in [0.4, 0.5) is 4.79 Å². The number of carboxylic acid groups (broad SMARTS) is 1. The van der Waals surface area contributed by atoms with E-state index in [2.05, 4.69) is 24.0 Å². The zero-order chi connectivity index (χ0) is 21.5. The molecule has 2 atom stereocenters. The van der Waals surface area contributed by atoms with Gasteiger partial charge in [-0.2, -0.15) is 18.1 Å². The minimum absolute atomic E-state index is 0.00617. The average molecular weight is 429 g/mol. The smallest absolute Gasteiger partial charge is 0.421 e. The molecule has 1 aliphatic carbocycles. The Bertz CT molecular complexity index is 1170. The van der Waals surface area contributed by atoms with E-state index in [0.717, 1.165) is 11.1 Å². The van der Waals surface area contributed by atoms with Gasteiger partial charge in [-0.05, 0) is 23.1 Å². The van der Waals surface area contributed by atoms with Crippen LogP contribution in [0.2, 0.25) is 0 Å². The van der Waals surface area contributed by atoms with Crippen LogP contribution in [0.3, 0.4) is 0 Å². The molecule has 0 saturated heterocycles. The van der Waals surface area contributed by atoms with Crippen molar-refractivity contribution in [3.63, 3.8) is 0 Å². The van der Waals surface area contributed by atoms with Crippen LogP contribution in [0, 0.1) is 5.41 Å². The van der Waals surface area contributed by atoms with Crippen LogP contribution in [0.1, 0.15) is 37.1 Å². The zero-order valence-corrected chi connectivity index (χ0v) is 17.0. The van der Waals surface area contributed by atoms with E-state index in [4.69, 9.17) is 13.8 Å². The summed E-state index contributed by atoms with van der Waals surface area (Å²) in [5, 5.41) is 12.6. The highest BCUT2D eigenvalue weighted by Crippen LogP contribution is 2.69. The molecule has 1 fully saturated rings. The number of benzene rings is 2. The van der Waals surface area contributed by atoms with Crippen molar-refractivity contribution in [2.24, 2.45) is 5.41 Å². The summed E-state index contributed by atoms with van der Waals surface area (Å²) in [7, 11) is -4.43. The number of rotatable bonds is 6. The molecule has 9 nitrogen and oxygen atoms in total. The standard InChI is InChI=1S/C20H19N3O6S/c1-20(2)15(12-8-10-14(11-9-12)29-30(26,27)23-19(24)25)16(20)18-21-17(22-28-18)13-6-4-3-5-7-13/h3-11,15-16,23H,1-2H3,(H,24,25)/t15-,16+/m1/s1. The monoisotopic (exact) mass is 429 g/mol. The number of nitrogens with one attached hydrogen (secondary N) is 1. The minimum Gasteiger partial charge on any atom is -0.464 e. The second-order valence-electron chi connectivity index (χ2n) is 7.61. The van der Waals surface area contributed by atoms with E-state index in [9.17, 15) is 13.2 Å². The molecule has 3 aromatic rings. The third-order valence-corrected chi connectivity index (χ3v) is 6.06. The van der Waals surface area contributed by atoms with Crippen LogP contribution in [0.25, 0.3) is 11.4 Å². The lowest BCUT2D eigenvalue weighted by molar-refractivity contribution is 0.200. The molecule has 0 bridgehead atoms. The lowest BCUT2D eigenvalue weighted by Gasteiger charge is -2.07. The van der Waals surface area contributed by atoms with Crippen molar-refractivity contribution in [2.75, 3.05) is 0 Å². The molecule has 0 spiro atoms. The van der Waals surface area contributed by atoms with Crippen LogP contribution in [0.5, 0.6) is 5.75 Å². The van der Waals surface area contributed by atoms with Crippen molar-refractivity contribution < 1.29 is 27.0 Å².